The van der Waals surface area contributed by atoms with Gasteiger partial charge >= 0.3 is 0 Å². The fourth-order valence-corrected chi connectivity index (χ4v) is 3.16. The Labute approximate surface area is 172 Å². The number of carboxylic acids is 1. The van der Waals surface area contributed by atoms with Gasteiger partial charge in [0.25, 0.3) is 11.5 Å². The Balaban J connectivity index is 1.96. The van der Waals surface area contributed by atoms with E-state index in [1.54, 1.807) is 36.4 Å². The second-order valence-electron chi connectivity index (χ2n) is 7.49. The van der Waals surface area contributed by atoms with Crippen LogP contribution in [-0.4, -0.2) is 32.8 Å². The highest BCUT2D eigenvalue weighted by molar-refractivity contribution is 6.05. The van der Waals surface area contributed by atoms with E-state index >= 15 is 0 Å². The lowest BCUT2D eigenvalue weighted by molar-refractivity contribution is -0.308. The third-order valence-corrected chi connectivity index (χ3v) is 4.59. The SMILES string of the molecule is CC(C)Cn1nc(C(=O)N[C@@H](Cc2ccc(O)cc2)C(=O)[O-])c2ccccc2c1=O. The van der Waals surface area contributed by atoms with E-state index in [1.807, 2.05) is 13.8 Å². The van der Waals surface area contributed by atoms with Crippen molar-refractivity contribution in [2.45, 2.75) is 32.9 Å². The van der Waals surface area contributed by atoms with Crippen LogP contribution in [-0.2, 0) is 17.8 Å². The van der Waals surface area contributed by atoms with E-state index in [0.29, 0.717) is 22.9 Å². The first-order chi connectivity index (χ1) is 14.3. The van der Waals surface area contributed by atoms with Crippen LogP contribution in [0.2, 0.25) is 0 Å². The summed E-state index contributed by atoms with van der Waals surface area (Å²) in [5, 5.41) is 28.3. The number of fused-ring (bicyclic) bond motifs is 1. The van der Waals surface area contributed by atoms with E-state index in [0.717, 1.165) is 0 Å². The first kappa shape index (κ1) is 21.0. The second-order valence-corrected chi connectivity index (χ2v) is 7.49. The van der Waals surface area contributed by atoms with Crippen LogP contribution in [0.15, 0.2) is 53.3 Å². The number of benzene rings is 2. The van der Waals surface area contributed by atoms with Gasteiger partial charge in [-0.2, -0.15) is 5.10 Å². The third kappa shape index (κ3) is 4.65. The molecule has 3 aromatic rings. The van der Waals surface area contributed by atoms with Gasteiger partial charge in [0.1, 0.15) is 5.75 Å². The number of carbonyl (C=O) groups excluding carboxylic acids is 2. The van der Waals surface area contributed by atoms with Gasteiger partial charge in [-0.05, 0) is 36.1 Å². The zero-order valence-electron chi connectivity index (χ0n) is 16.7. The molecule has 0 aliphatic heterocycles. The molecule has 8 nitrogen and oxygen atoms in total. The van der Waals surface area contributed by atoms with Crippen molar-refractivity contribution < 1.29 is 19.8 Å². The largest absolute Gasteiger partial charge is 0.548 e. The minimum absolute atomic E-state index is 0.0252. The third-order valence-electron chi connectivity index (χ3n) is 4.59. The summed E-state index contributed by atoms with van der Waals surface area (Å²) in [6, 6.07) is 11.3. The van der Waals surface area contributed by atoms with Gasteiger partial charge in [-0.3, -0.25) is 9.59 Å². The lowest BCUT2D eigenvalue weighted by Crippen LogP contribution is -2.49. The van der Waals surface area contributed by atoms with Crippen LogP contribution in [0.25, 0.3) is 10.8 Å². The minimum atomic E-state index is -1.45. The second kappa shape index (κ2) is 8.77. The molecule has 0 bridgehead atoms. The quantitative estimate of drug-likeness (QED) is 0.597. The molecule has 8 heteroatoms. The van der Waals surface area contributed by atoms with Crippen LogP contribution in [0.5, 0.6) is 5.75 Å². The van der Waals surface area contributed by atoms with Gasteiger partial charge in [0, 0.05) is 11.9 Å². The number of carboxylic acid groups (broad SMARTS) is 1. The number of aromatic hydroxyl groups is 1. The molecule has 0 aliphatic rings. The highest BCUT2D eigenvalue weighted by Crippen LogP contribution is 2.15. The first-order valence-corrected chi connectivity index (χ1v) is 9.55. The molecule has 1 aromatic heterocycles. The molecule has 1 heterocycles. The molecule has 0 radical (unpaired) electrons. The summed E-state index contributed by atoms with van der Waals surface area (Å²) < 4.78 is 1.23. The maximum atomic E-state index is 12.9. The summed E-state index contributed by atoms with van der Waals surface area (Å²) in [6.45, 7) is 4.17. The van der Waals surface area contributed by atoms with E-state index in [2.05, 4.69) is 10.4 Å². The molecule has 1 atom stereocenters. The summed E-state index contributed by atoms with van der Waals surface area (Å²) in [6.07, 6.45) is -0.0298. The zero-order valence-corrected chi connectivity index (χ0v) is 16.7. The fraction of sp³-hybridized carbons (Fsp3) is 0.273. The number of aromatic nitrogens is 2. The molecular formula is C22H22N3O5-. The lowest BCUT2D eigenvalue weighted by Gasteiger charge is -2.20. The van der Waals surface area contributed by atoms with Crippen LogP contribution >= 0.6 is 0 Å². The van der Waals surface area contributed by atoms with Crippen molar-refractivity contribution in [1.82, 2.24) is 15.1 Å². The Morgan fingerprint density at radius 1 is 1.10 bits per heavy atom. The molecular weight excluding hydrogens is 386 g/mol. The molecule has 1 amide bonds. The standard InChI is InChI=1S/C22H23N3O5/c1-13(2)12-25-21(28)17-6-4-3-5-16(17)19(24-25)20(27)23-18(22(29)30)11-14-7-9-15(26)10-8-14/h3-10,13,18,26H,11-12H2,1-2H3,(H,23,27)(H,29,30)/p-1/t18-/m0/s1. The number of hydrogen-bond donors (Lipinski definition) is 2. The number of nitrogens with zero attached hydrogens (tertiary/aromatic N) is 2. The van der Waals surface area contributed by atoms with Crippen molar-refractivity contribution in [3.05, 3.63) is 70.1 Å². The maximum absolute atomic E-state index is 12.9. The van der Waals surface area contributed by atoms with Crippen LogP contribution in [0, 0.1) is 5.92 Å². The Kier molecular flexibility index (Phi) is 6.15. The number of rotatable bonds is 7. The summed E-state index contributed by atoms with van der Waals surface area (Å²) in [5.74, 6) is -1.98. The molecule has 3 rings (SSSR count). The number of carbonyl (C=O) groups is 2. The Bertz CT molecular complexity index is 1140. The minimum Gasteiger partial charge on any atom is -0.548 e. The molecule has 0 fully saturated rings. The average molecular weight is 408 g/mol. The van der Waals surface area contributed by atoms with E-state index in [4.69, 9.17) is 0 Å². The van der Waals surface area contributed by atoms with Crippen molar-refractivity contribution in [3.63, 3.8) is 0 Å². The predicted octanol–water partition coefficient (Wildman–Crippen LogP) is 0.849. The molecule has 30 heavy (non-hydrogen) atoms. The van der Waals surface area contributed by atoms with Crippen molar-refractivity contribution in [2.75, 3.05) is 0 Å². The van der Waals surface area contributed by atoms with Crippen LogP contribution in [0.3, 0.4) is 0 Å². The smallest absolute Gasteiger partial charge is 0.274 e. The first-order valence-electron chi connectivity index (χ1n) is 9.55. The normalized spacial score (nSPS) is 12.1. The summed E-state index contributed by atoms with van der Waals surface area (Å²) in [4.78, 5) is 37.2. The lowest BCUT2D eigenvalue weighted by atomic mass is 10.0. The summed E-state index contributed by atoms with van der Waals surface area (Å²) in [7, 11) is 0. The monoisotopic (exact) mass is 408 g/mol. The van der Waals surface area contributed by atoms with Gasteiger partial charge in [0.2, 0.25) is 0 Å². The number of aliphatic carboxylic acids is 1. The van der Waals surface area contributed by atoms with Gasteiger partial charge in [-0.15, -0.1) is 0 Å². The van der Waals surface area contributed by atoms with Gasteiger partial charge in [0.05, 0.1) is 17.4 Å². The number of nitrogens with one attached hydrogen (secondary N) is 1. The zero-order chi connectivity index (χ0) is 21.8. The molecule has 0 saturated heterocycles. The predicted molar refractivity (Wildman–Crippen MR) is 109 cm³/mol. The number of phenols is 1. The topological polar surface area (TPSA) is 124 Å². The van der Waals surface area contributed by atoms with Crippen LogP contribution in [0.4, 0.5) is 0 Å². The highest BCUT2D eigenvalue weighted by Gasteiger charge is 2.21. The van der Waals surface area contributed by atoms with E-state index in [-0.39, 0.29) is 29.3 Å². The molecule has 2 aromatic carbocycles. The van der Waals surface area contributed by atoms with Gasteiger partial charge in [-0.25, -0.2) is 4.68 Å². The summed E-state index contributed by atoms with van der Waals surface area (Å²) >= 11 is 0. The van der Waals surface area contributed by atoms with Gasteiger partial charge < -0.3 is 20.3 Å². The number of hydrogen-bond acceptors (Lipinski definition) is 6. The highest BCUT2D eigenvalue weighted by atomic mass is 16.4. The molecule has 156 valence electrons. The van der Waals surface area contributed by atoms with Crippen molar-refractivity contribution in [2.24, 2.45) is 5.92 Å². The summed E-state index contributed by atoms with van der Waals surface area (Å²) in [5.41, 5.74) is 0.268. The van der Waals surface area contributed by atoms with Crippen molar-refractivity contribution >= 4 is 22.6 Å². The maximum Gasteiger partial charge on any atom is 0.274 e. The number of amides is 1. The van der Waals surface area contributed by atoms with Crippen LogP contribution < -0.4 is 16.0 Å². The van der Waals surface area contributed by atoms with Gasteiger partial charge in [0.15, 0.2) is 5.69 Å². The molecule has 0 saturated carbocycles. The van der Waals surface area contributed by atoms with Gasteiger partial charge in [-0.1, -0.05) is 44.2 Å². The molecule has 2 N–H and O–H groups in total. The Morgan fingerprint density at radius 3 is 2.33 bits per heavy atom. The fourth-order valence-electron chi connectivity index (χ4n) is 3.16. The van der Waals surface area contributed by atoms with E-state index in [9.17, 15) is 24.6 Å². The van der Waals surface area contributed by atoms with Crippen molar-refractivity contribution in [3.8, 4) is 5.75 Å². The van der Waals surface area contributed by atoms with E-state index < -0.39 is 17.9 Å². The van der Waals surface area contributed by atoms with Crippen LogP contribution in [0.1, 0.15) is 29.9 Å². The number of phenolic OH excluding ortho intramolecular Hbond substituents is 1. The molecule has 0 unspecified atom stereocenters. The Hall–Kier alpha value is -3.68. The molecule has 0 spiro atoms. The van der Waals surface area contributed by atoms with Crippen molar-refractivity contribution in [1.29, 1.82) is 0 Å². The van der Waals surface area contributed by atoms with E-state index in [1.165, 1.54) is 16.8 Å². The Morgan fingerprint density at radius 2 is 1.73 bits per heavy atom. The molecule has 0 aliphatic carbocycles. The average Bonchev–Trinajstić information content (AvgIpc) is 2.70.